The summed E-state index contributed by atoms with van der Waals surface area (Å²) in [4.78, 5) is 12.3. The highest BCUT2D eigenvalue weighted by molar-refractivity contribution is 7.71. The fraction of sp³-hybridized carbons (Fsp3) is 0.812. The molecule has 2 N–H and O–H groups in total. The molecular formula is C16H28N4OS. The molecule has 0 aromatic carbocycles. The number of nitrogens with zero attached hydrogens (tertiary/aromatic N) is 2. The van der Waals surface area contributed by atoms with Crippen molar-refractivity contribution in [3.05, 3.63) is 10.6 Å². The van der Waals surface area contributed by atoms with E-state index < -0.39 is 0 Å². The van der Waals surface area contributed by atoms with Gasteiger partial charge in [0.15, 0.2) is 10.6 Å². The molecule has 0 saturated heterocycles. The van der Waals surface area contributed by atoms with E-state index in [1.807, 2.05) is 4.57 Å². The van der Waals surface area contributed by atoms with Crippen LogP contribution in [-0.2, 0) is 11.3 Å². The van der Waals surface area contributed by atoms with Crippen LogP contribution in [0.3, 0.4) is 0 Å². The lowest BCUT2D eigenvalue weighted by Crippen LogP contribution is -2.34. The number of hydrogen-bond acceptors (Lipinski definition) is 3. The van der Waals surface area contributed by atoms with E-state index in [1.54, 1.807) is 0 Å². The summed E-state index contributed by atoms with van der Waals surface area (Å²) in [5, 5.41) is 10.0. The van der Waals surface area contributed by atoms with Crippen molar-refractivity contribution in [3.63, 3.8) is 0 Å². The van der Waals surface area contributed by atoms with Gasteiger partial charge in [-0.15, -0.1) is 0 Å². The zero-order valence-corrected chi connectivity index (χ0v) is 14.9. The third kappa shape index (κ3) is 3.97. The van der Waals surface area contributed by atoms with Gasteiger partial charge in [-0.2, -0.15) is 5.10 Å². The Balaban J connectivity index is 1.92. The normalized spacial score (nSPS) is 21.0. The van der Waals surface area contributed by atoms with Crippen LogP contribution in [-0.4, -0.2) is 20.7 Å². The maximum Gasteiger partial charge on any atom is 0.220 e. The van der Waals surface area contributed by atoms with Crippen LogP contribution >= 0.6 is 12.2 Å². The average Bonchev–Trinajstić information content (AvgIpc) is 2.80. The van der Waals surface area contributed by atoms with Crippen LogP contribution < -0.4 is 5.32 Å². The summed E-state index contributed by atoms with van der Waals surface area (Å²) in [5.41, 5.74) is 0.271. The molecule has 124 valence electrons. The minimum absolute atomic E-state index is 0.115. The lowest BCUT2D eigenvalue weighted by molar-refractivity contribution is -0.123. The first-order valence-corrected chi connectivity index (χ1v) is 8.64. The molecule has 1 saturated carbocycles. The summed E-state index contributed by atoms with van der Waals surface area (Å²) < 4.78 is 2.55. The van der Waals surface area contributed by atoms with Crippen LogP contribution in [0.5, 0.6) is 0 Å². The van der Waals surface area contributed by atoms with E-state index in [9.17, 15) is 4.79 Å². The maximum absolute atomic E-state index is 12.3. The minimum atomic E-state index is 0.115. The van der Waals surface area contributed by atoms with E-state index in [1.165, 1.54) is 19.3 Å². The zero-order valence-electron chi connectivity index (χ0n) is 14.1. The van der Waals surface area contributed by atoms with Gasteiger partial charge in [-0.25, -0.2) is 0 Å². The average molecular weight is 324 g/mol. The predicted molar refractivity (Wildman–Crippen MR) is 90.0 cm³/mol. The first kappa shape index (κ1) is 17.2. The van der Waals surface area contributed by atoms with Crippen molar-refractivity contribution >= 4 is 18.1 Å². The summed E-state index contributed by atoms with van der Waals surface area (Å²) in [6.45, 7) is 9.11. The van der Waals surface area contributed by atoms with Crippen molar-refractivity contribution in [1.82, 2.24) is 20.1 Å². The van der Waals surface area contributed by atoms with E-state index in [2.05, 4.69) is 43.2 Å². The number of hydrogen-bond donors (Lipinski definition) is 2. The van der Waals surface area contributed by atoms with Crippen molar-refractivity contribution in [2.24, 2.45) is 11.3 Å². The first-order valence-electron chi connectivity index (χ1n) is 8.23. The van der Waals surface area contributed by atoms with Gasteiger partial charge in [0.25, 0.3) is 0 Å². The van der Waals surface area contributed by atoms with Crippen LogP contribution in [0.15, 0.2) is 0 Å². The molecule has 1 heterocycles. The van der Waals surface area contributed by atoms with Crippen LogP contribution in [0, 0.1) is 16.1 Å². The summed E-state index contributed by atoms with van der Waals surface area (Å²) in [5.74, 6) is 1.38. The SMILES string of the molecule is CC(C)n1c(CNC(=O)C[C@@H]2CCCCC2(C)C)n[nH]c1=S. The molecule has 0 bridgehead atoms. The number of amides is 1. The quantitative estimate of drug-likeness (QED) is 0.811. The molecule has 1 amide bonds. The van der Waals surface area contributed by atoms with Gasteiger partial charge in [-0.1, -0.05) is 26.7 Å². The van der Waals surface area contributed by atoms with Crippen molar-refractivity contribution in [2.45, 2.75) is 72.4 Å². The molecule has 1 aliphatic carbocycles. The maximum atomic E-state index is 12.3. The van der Waals surface area contributed by atoms with Gasteiger partial charge in [0, 0.05) is 12.5 Å². The molecule has 1 atom stereocenters. The summed E-state index contributed by atoms with van der Waals surface area (Å²) in [7, 11) is 0. The summed E-state index contributed by atoms with van der Waals surface area (Å²) >= 11 is 5.22. The number of carbonyl (C=O) groups is 1. The molecule has 2 rings (SSSR count). The van der Waals surface area contributed by atoms with E-state index in [0.29, 0.717) is 23.7 Å². The third-order valence-corrected chi connectivity index (χ3v) is 5.19. The highest BCUT2D eigenvalue weighted by Crippen LogP contribution is 2.42. The molecule has 0 spiro atoms. The Kier molecular flexibility index (Phi) is 5.42. The number of carbonyl (C=O) groups excluding carboxylic acids is 1. The van der Waals surface area contributed by atoms with Crippen molar-refractivity contribution in [3.8, 4) is 0 Å². The predicted octanol–water partition coefficient (Wildman–Crippen LogP) is 3.74. The second-order valence-corrected chi connectivity index (χ2v) is 7.71. The fourth-order valence-electron chi connectivity index (χ4n) is 3.41. The fourth-order valence-corrected chi connectivity index (χ4v) is 3.77. The molecule has 1 aliphatic rings. The van der Waals surface area contributed by atoms with E-state index in [-0.39, 0.29) is 17.4 Å². The van der Waals surface area contributed by atoms with E-state index in [4.69, 9.17) is 12.2 Å². The van der Waals surface area contributed by atoms with Crippen molar-refractivity contribution in [1.29, 1.82) is 0 Å². The van der Waals surface area contributed by atoms with Crippen LogP contribution in [0.4, 0.5) is 0 Å². The highest BCUT2D eigenvalue weighted by Gasteiger charge is 2.33. The van der Waals surface area contributed by atoms with Crippen LogP contribution in [0.25, 0.3) is 0 Å². The lowest BCUT2D eigenvalue weighted by Gasteiger charge is -2.38. The Labute approximate surface area is 137 Å². The molecular weight excluding hydrogens is 296 g/mol. The third-order valence-electron chi connectivity index (χ3n) is 4.90. The summed E-state index contributed by atoms with van der Waals surface area (Å²) in [6.07, 6.45) is 5.52. The minimum Gasteiger partial charge on any atom is -0.349 e. The Morgan fingerprint density at radius 2 is 2.23 bits per heavy atom. The molecule has 1 aromatic heterocycles. The molecule has 5 nitrogen and oxygen atoms in total. The van der Waals surface area contributed by atoms with Gasteiger partial charge in [0.1, 0.15) is 0 Å². The number of nitrogens with one attached hydrogen (secondary N) is 2. The van der Waals surface area contributed by atoms with Gasteiger partial charge in [0.2, 0.25) is 5.91 Å². The summed E-state index contributed by atoms with van der Waals surface area (Å²) in [6, 6.07) is 0.232. The monoisotopic (exact) mass is 324 g/mol. The largest absolute Gasteiger partial charge is 0.349 e. The molecule has 0 aliphatic heterocycles. The molecule has 0 radical (unpaired) electrons. The molecule has 1 aromatic rings. The van der Waals surface area contributed by atoms with Crippen molar-refractivity contribution < 1.29 is 4.79 Å². The van der Waals surface area contributed by atoms with Gasteiger partial charge in [0.05, 0.1) is 6.54 Å². The van der Waals surface area contributed by atoms with Crippen molar-refractivity contribution in [2.75, 3.05) is 0 Å². The molecule has 0 unspecified atom stereocenters. The lowest BCUT2D eigenvalue weighted by atomic mass is 9.67. The molecule has 6 heteroatoms. The second kappa shape index (κ2) is 6.94. The van der Waals surface area contributed by atoms with Crippen LogP contribution in [0.2, 0.25) is 0 Å². The Morgan fingerprint density at radius 3 is 2.86 bits per heavy atom. The molecule has 1 fully saturated rings. The Hall–Kier alpha value is -1.17. The highest BCUT2D eigenvalue weighted by atomic mass is 32.1. The van der Waals surface area contributed by atoms with Crippen LogP contribution in [0.1, 0.15) is 71.7 Å². The number of aromatic amines is 1. The Morgan fingerprint density at radius 1 is 1.50 bits per heavy atom. The number of aromatic nitrogens is 3. The zero-order chi connectivity index (χ0) is 16.3. The van der Waals surface area contributed by atoms with E-state index in [0.717, 1.165) is 12.2 Å². The van der Waals surface area contributed by atoms with Gasteiger partial charge in [-0.3, -0.25) is 9.89 Å². The number of rotatable bonds is 5. The number of H-pyrrole nitrogens is 1. The molecule has 22 heavy (non-hydrogen) atoms. The van der Waals surface area contributed by atoms with E-state index >= 15 is 0 Å². The standard InChI is InChI=1S/C16H28N4OS/c1-11(2)20-13(18-19-15(20)22)10-17-14(21)9-12-7-5-6-8-16(12,3)4/h11-12H,5-10H2,1-4H3,(H,17,21)(H,19,22)/t12-/m0/s1. The first-order chi connectivity index (χ1) is 10.3. The topological polar surface area (TPSA) is 62.7 Å². The smallest absolute Gasteiger partial charge is 0.220 e. The Bertz CT molecular complexity index is 573. The second-order valence-electron chi connectivity index (χ2n) is 7.32. The van der Waals surface area contributed by atoms with Gasteiger partial charge in [-0.05, 0) is 50.2 Å². The van der Waals surface area contributed by atoms with Gasteiger partial charge < -0.3 is 9.88 Å². The van der Waals surface area contributed by atoms with Gasteiger partial charge >= 0.3 is 0 Å².